The quantitative estimate of drug-likeness (QED) is 0.371. The third-order valence-electron chi connectivity index (χ3n) is 3.64. The summed E-state index contributed by atoms with van der Waals surface area (Å²) in [6.45, 7) is 0. The Hall–Kier alpha value is -1.77. The van der Waals surface area contributed by atoms with Gasteiger partial charge in [0.25, 0.3) is 0 Å². The standard InChI is InChI=1S/C18H10BrClO/c19-18-12(5-3-6-15(18)20)11-8-9-14-13-4-1-2-7-16(13)21-17(14)10-11/h1-10H. The molecule has 0 N–H and O–H groups in total. The summed E-state index contributed by atoms with van der Waals surface area (Å²) in [4.78, 5) is 0. The molecule has 0 unspecified atom stereocenters. The van der Waals surface area contributed by atoms with E-state index in [-0.39, 0.29) is 0 Å². The molecule has 4 rings (SSSR count). The molecule has 0 aliphatic rings. The maximum atomic E-state index is 6.18. The summed E-state index contributed by atoms with van der Waals surface area (Å²) in [5.74, 6) is 0. The predicted octanol–water partition coefficient (Wildman–Crippen LogP) is 6.67. The molecule has 21 heavy (non-hydrogen) atoms. The van der Waals surface area contributed by atoms with Crippen molar-refractivity contribution in [3.8, 4) is 11.1 Å². The zero-order valence-corrected chi connectivity index (χ0v) is 13.3. The van der Waals surface area contributed by atoms with Crippen LogP contribution >= 0.6 is 27.5 Å². The lowest BCUT2D eigenvalue weighted by Crippen LogP contribution is -1.80. The van der Waals surface area contributed by atoms with E-state index in [0.717, 1.165) is 37.5 Å². The summed E-state index contributed by atoms with van der Waals surface area (Å²) >= 11 is 9.73. The van der Waals surface area contributed by atoms with E-state index in [0.29, 0.717) is 5.02 Å². The Morgan fingerprint density at radius 3 is 2.52 bits per heavy atom. The van der Waals surface area contributed by atoms with Crippen molar-refractivity contribution in [2.45, 2.75) is 0 Å². The van der Waals surface area contributed by atoms with Gasteiger partial charge in [-0.15, -0.1) is 0 Å². The molecule has 4 aromatic rings. The summed E-state index contributed by atoms with van der Waals surface area (Å²) in [5.41, 5.74) is 3.94. The summed E-state index contributed by atoms with van der Waals surface area (Å²) < 4.78 is 6.84. The lowest BCUT2D eigenvalue weighted by atomic mass is 10.0. The third-order valence-corrected chi connectivity index (χ3v) is 5.04. The number of hydrogen-bond acceptors (Lipinski definition) is 1. The van der Waals surface area contributed by atoms with E-state index < -0.39 is 0 Å². The largest absolute Gasteiger partial charge is 0.456 e. The Labute approximate surface area is 135 Å². The van der Waals surface area contributed by atoms with Gasteiger partial charge in [0.05, 0.1) is 5.02 Å². The lowest BCUT2D eigenvalue weighted by Gasteiger charge is -2.06. The minimum atomic E-state index is 0.706. The molecule has 0 fully saturated rings. The molecule has 0 radical (unpaired) electrons. The van der Waals surface area contributed by atoms with Crippen molar-refractivity contribution < 1.29 is 4.42 Å². The highest BCUT2D eigenvalue weighted by atomic mass is 79.9. The van der Waals surface area contributed by atoms with Crippen LogP contribution in [-0.2, 0) is 0 Å². The van der Waals surface area contributed by atoms with E-state index in [1.165, 1.54) is 0 Å². The Balaban J connectivity index is 1.99. The fraction of sp³-hybridized carbons (Fsp3) is 0. The highest BCUT2D eigenvalue weighted by molar-refractivity contribution is 9.10. The van der Waals surface area contributed by atoms with Crippen LogP contribution in [0.15, 0.2) is 69.6 Å². The van der Waals surface area contributed by atoms with Gasteiger partial charge in [-0.3, -0.25) is 0 Å². The van der Waals surface area contributed by atoms with Gasteiger partial charge >= 0.3 is 0 Å². The average molecular weight is 358 g/mol. The highest BCUT2D eigenvalue weighted by Crippen LogP contribution is 2.37. The van der Waals surface area contributed by atoms with Crippen LogP contribution in [0.2, 0.25) is 5.02 Å². The van der Waals surface area contributed by atoms with Gasteiger partial charge in [0.1, 0.15) is 11.2 Å². The third kappa shape index (κ3) is 2.06. The minimum absolute atomic E-state index is 0.706. The molecular formula is C18H10BrClO. The molecule has 102 valence electrons. The number of furan rings is 1. The fourth-order valence-corrected chi connectivity index (χ4v) is 3.29. The molecule has 1 heterocycles. The van der Waals surface area contributed by atoms with Crippen molar-refractivity contribution in [2.24, 2.45) is 0 Å². The molecular weight excluding hydrogens is 348 g/mol. The van der Waals surface area contributed by atoms with Crippen LogP contribution in [0.1, 0.15) is 0 Å². The second-order valence-corrected chi connectivity index (χ2v) is 6.11. The molecule has 0 bridgehead atoms. The van der Waals surface area contributed by atoms with Crippen molar-refractivity contribution in [3.05, 3.63) is 70.2 Å². The molecule has 0 saturated heterocycles. The van der Waals surface area contributed by atoms with E-state index in [4.69, 9.17) is 16.0 Å². The van der Waals surface area contributed by atoms with Gasteiger partial charge in [0.15, 0.2) is 0 Å². The summed E-state index contributed by atoms with van der Waals surface area (Å²) in [7, 11) is 0. The van der Waals surface area contributed by atoms with Gasteiger partial charge in [-0.1, -0.05) is 48.0 Å². The topological polar surface area (TPSA) is 13.1 Å². The fourth-order valence-electron chi connectivity index (χ4n) is 2.62. The molecule has 1 aromatic heterocycles. The van der Waals surface area contributed by atoms with Crippen molar-refractivity contribution in [1.82, 2.24) is 0 Å². The van der Waals surface area contributed by atoms with E-state index in [1.807, 2.05) is 36.4 Å². The minimum Gasteiger partial charge on any atom is -0.456 e. The van der Waals surface area contributed by atoms with Crippen molar-refractivity contribution in [1.29, 1.82) is 0 Å². The van der Waals surface area contributed by atoms with E-state index in [2.05, 4.69) is 40.2 Å². The molecule has 0 amide bonds. The molecule has 1 nitrogen and oxygen atoms in total. The van der Waals surface area contributed by atoms with Crippen LogP contribution < -0.4 is 0 Å². The summed E-state index contributed by atoms with van der Waals surface area (Å²) in [5, 5.41) is 2.98. The number of halogens is 2. The first-order valence-corrected chi connectivity index (χ1v) is 7.77. The Morgan fingerprint density at radius 2 is 1.62 bits per heavy atom. The molecule has 0 saturated carbocycles. The second-order valence-electron chi connectivity index (χ2n) is 4.91. The van der Waals surface area contributed by atoms with Gasteiger partial charge < -0.3 is 4.42 Å². The average Bonchev–Trinajstić information content (AvgIpc) is 2.87. The van der Waals surface area contributed by atoms with E-state index in [9.17, 15) is 0 Å². The predicted molar refractivity (Wildman–Crippen MR) is 91.9 cm³/mol. The van der Waals surface area contributed by atoms with Gasteiger partial charge in [-0.05, 0) is 51.3 Å². The van der Waals surface area contributed by atoms with Crippen molar-refractivity contribution in [3.63, 3.8) is 0 Å². The van der Waals surface area contributed by atoms with E-state index >= 15 is 0 Å². The molecule has 0 aliphatic carbocycles. The molecule has 3 aromatic carbocycles. The van der Waals surface area contributed by atoms with Crippen LogP contribution in [0, 0.1) is 0 Å². The first kappa shape index (κ1) is 12.9. The number of benzene rings is 3. The Bertz CT molecular complexity index is 971. The number of para-hydroxylation sites is 1. The zero-order valence-electron chi connectivity index (χ0n) is 10.9. The maximum absolute atomic E-state index is 6.18. The van der Waals surface area contributed by atoms with E-state index in [1.54, 1.807) is 0 Å². The first-order chi connectivity index (χ1) is 10.2. The van der Waals surface area contributed by atoms with Crippen LogP contribution in [0.3, 0.4) is 0 Å². The van der Waals surface area contributed by atoms with Gasteiger partial charge in [0.2, 0.25) is 0 Å². The number of fused-ring (bicyclic) bond motifs is 3. The highest BCUT2D eigenvalue weighted by Gasteiger charge is 2.10. The van der Waals surface area contributed by atoms with Gasteiger partial charge in [-0.25, -0.2) is 0 Å². The zero-order chi connectivity index (χ0) is 14.4. The van der Waals surface area contributed by atoms with Crippen LogP contribution in [0.4, 0.5) is 0 Å². The molecule has 0 spiro atoms. The number of hydrogen-bond donors (Lipinski definition) is 0. The SMILES string of the molecule is Clc1cccc(-c2ccc3c(c2)oc2ccccc23)c1Br. The smallest absolute Gasteiger partial charge is 0.136 e. The van der Waals surface area contributed by atoms with Crippen LogP contribution in [-0.4, -0.2) is 0 Å². The summed E-state index contributed by atoms with van der Waals surface area (Å²) in [6, 6.07) is 20.2. The molecule has 0 atom stereocenters. The number of rotatable bonds is 1. The maximum Gasteiger partial charge on any atom is 0.136 e. The van der Waals surface area contributed by atoms with Crippen molar-refractivity contribution in [2.75, 3.05) is 0 Å². The normalized spacial score (nSPS) is 11.3. The van der Waals surface area contributed by atoms with Crippen LogP contribution in [0.25, 0.3) is 33.1 Å². The van der Waals surface area contributed by atoms with Crippen LogP contribution in [0.5, 0.6) is 0 Å². The van der Waals surface area contributed by atoms with Crippen molar-refractivity contribution >= 4 is 49.5 Å². The first-order valence-electron chi connectivity index (χ1n) is 6.60. The van der Waals surface area contributed by atoms with Gasteiger partial charge in [0, 0.05) is 15.2 Å². The monoisotopic (exact) mass is 356 g/mol. The lowest BCUT2D eigenvalue weighted by molar-refractivity contribution is 0.669. The second kappa shape index (κ2) is 4.90. The van der Waals surface area contributed by atoms with Gasteiger partial charge in [-0.2, -0.15) is 0 Å². The Morgan fingerprint density at radius 1 is 0.810 bits per heavy atom. The summed E-state index contributed by atoms with van der Waals surface area (Å²) in [6.07, 6.45) is 0. The Kier molecular flexibility index (Phi) is 3.02. The molecule has 0 aliphatic heterocycles. The molecule has 3 heteroatoms.